The van der Waals surface area contributed by atoms with E-state index in [1.165, 1.54) is 0 Å². The highest BCUT2D eigenvalue weighted by atomic mass is 16.5. The molecule has 0 radical (unpaired) electrons. The van der Waals surface area contributed by atoms with Crippen LogP contribution < -0.4 is 0 Å². The van der Waals surface area contributed by atoms with Gasteiger partial charge in [0, 0.05) is 0 Å². The molecule has 0 saturated carbocycles. The first-order chi connectivity index (χ1) is 5.75. The third kappa shape index (κ3) is 2.08. The molecule has 0 aromatic heterocycles. The van der Waals surface area contributed by atoms with Crippen molar-refractivity contribution in [2.75, 3.05) is 13.2 Å². The fourth-order valence-corrected chi connectivity index (χ4v) is 1.18. The molecule has 3 nitrogen and oxygen atoms in total. The number of esters is 1. The summed E-state index contributed by atoms with van der Waals surface area (Å²) in [5, 5.41) is 0. The van der Waals surface area contributed by atoms with E-state index in [1.807, 2.05) is 13.0 Å². The van der Waals surface area contributed by atoms with E-state index in [0.29, 0.717) is 18.8 Å². The molecule has 1 unspecified atom stereocenters. The second kappa shape index (κ2) is 4.26. The van der Waals surface area contributed by atoms with Crippen LogP contribution in [0.5, 0.6) is 0 Å². The molecular weight excluding hydrogens is 156 g/mol. The average Bonchev–Trinajstić information content (AvgIpc) is 2.05. The summed E-state index contributed by atoms with van der Waals surface area (Å²) < 4.78 is 10.2. The van der Waals surface area contributed by atoms with Crippen molar-refractivity contribution in [2.45, 2.75) is 26.4 Å². The van der Waals surface area contributed by atoms with E-state index in [9.17, 15) is 4.79 Å². The van der Waals surface area contributed by atoms with Gasteiger partial charge in [-0.05, 0) is 20.3 Å². The minimum absolute atomic E-state index is 0.113. The molecule has 0 amide bonds. The Morgan fingerprint density at radius 1 is 1.83 bits per heavy atom. The molecule has 0 aliphatic carbocycles. The van der Waals surface area contributed by atoms with Gasteiger partial charge in [0.2, 0.25) is 0 Å². The van der Waals surface area contributed by atoms with E-state index >= 15 is 0 Å². The summed E-state index contributed by atoms with van der Waals surface area (Å²) in [5.74, 6) is -0.246. The zero-order valence-corrected chi connectivity index (χ0v) is 7.50. The number of carbonyl (C=O) groups is 1. The van der Waals surface area contributed by atoms with Crippen LogP contribution in [-0.2, 0) is 14.3 Å². The Hall–Kier alpha value is -0.830. The fourth-order valence-electron chi connectivity index (χ4n) is 1.18. The lowest BCUT2D eigenvalue weighted by Crippen LogP contribution is -2.24. The molecule has 3 heteroatoms. The highest BCUT2D eigenvalue weighted by molar-refractivity contribution is 5.89. The van der Waals surface area contributed by atoms with Gasteiger partial charge in [-0.25, -0.2) is 4.79 Å². The van der Waals surface area contributed by atoms with Crippen molar-refractivity contribution in [2.24, 2.45) is 0 Å². The van der Waals surface area contributed by atoms with Gasteiger partial charge in [-0.2, -0.15) is 0 Å². The van der Waals surface area contributed by atoms with Crippen molar-refractivity contribution in [3.05, 3.63) is 11.6 Å². The Kier molecular flexibility index (Phi) is 3.29. The molecule has 12 heavy (non-hydrogen) atoms. The summed E-state index contributed by atoms with van der Waals surface area (Å²) in [6, 6.07) is 0. The number of hydrogen-bond donors (Lipinski definition) is 0. The molecule has 1 aliphatic rings. The summed E-state index contributed by atoms with van der Waals surface area (Å²) in [7, 11) is 0. The highest BCUT2D eigenvalue weighted by Crippen LogP contribution is 2.14. The van der Waals surface area contributed by atoms with Crippen LogP contribution in [0.1, 0.15) is 20.3 Å². The largest absolute Gasteiger partial charge is 0.463 e. The van der Waals surface area contributed by atoms with Gasteiger partial charge >= 0.3 is 5.97 Å². The van der Waals surface area contributed by atoms with Gasteiger partial charge in [0.15, 0.2) is 0 Å². The third-order valence-electron chi connectivity index (χ3n) is 1.80. The van der Waals surface area contributed by atoms with Gasteiger partial charge in [0.25, 0.3) is 0 Å². The molecule has 0 bridgehead atoms. The van der Waals surface area contributed by atoms with Crippen molar-refractivity contribution >= 4 is 5.97 Å². The maximum Gasteiger partial charge on any atom is 0.336 e. The first-order valence-corrected chi connectivity index (χ1v) is 4.24. The second-order valence-electron chi connectivity index (χ2n) is 2.68. The third-order valence-corrected chi connectivity index (χ3v) is 1.80. The maximum absolute atomic E-state index is 11.2. The van der Waals surface area contributed by atoms with Crippen LogP contribution in [0.25, 0.3) is 0 Å². The lowest BCUT2D eigenvalue weighted by molar-refractivity contribution is -0.140. The number of rotatable bonds is 2. The highest BCUT2D eigenvalue weighted by Gasteiger charge is 2.20. The Morgan fingerprint density at radius 3 is 3.17 bits per heavy atom. The van der Waals surface area contributed by atoms with E-state index in [4.69, 9.17) is 9.47 Å². The summed E-state index contributed by atoms with van der Waals surface area (Å²) in [6.45, 7) is 4.78. The monoisotopic (exact) mass is 170 g/mol. The fraction of sp³-hybridized carbons (Fsp3) is 0.667. The molecular formula is C9H14O3. The van der Waals surface area contributed by atoms with E-state index < -0.39 is 0 Å². The first kappa shape index (κ1) is 9.26. The van der Waals surface area contributed by atoms with Gasteiger partial charge in [-0.3, -0.25) is 0 Å². The number of hydrogen-bond acceptors (Lipinski definition) is 3. The molecule has 1 aliphatic heterocycles. The normalized spacial score (nSPS) is 23.2. The Labute approximate surface area is 72.4 Å². The summed E-state index contributed by atoms with van der Waals surface area (Å²) >= 11 is 0. The van der Waals surface area contributed by atoms with E-state index in [2.05, 4.69) is 0 Å². The first-order valence-electron chi connectivity index (χ1n) is 4.24. The minimum Gasteiger partial charge on any atom is -0.463 e. The summed E-state index contributed by atoms with van der Waals surface area (Å²) in [6.07, 6.45) is 2.59. The van der Waals surface area contributed by atoms with Crippen LogP contribution in [-0.4, -0.2) is 25.3 Å². The molecule has 0 fully saturated rings. The molecule has 68 valence electrons. The molecule has 1 rings (SSSR count). The van der Waals surface area contributed by atoms with Crippen molar-refractivity contribution in [3.63, 3.8) is 0 Å². The SMILES string of the molecule is CCOC(=O)C1=CCCOC1C. The Morgan fingerprint density at radius 2 is 2.58 bits per heavy atom. The standard InChI is InChI=1S/C9H14O3/c1-3-11-9(10)8-5-4-6-12-7(8)2/h5,7H,3-4,6H2,1-2H3. The van der Waals surface area contributed by atoms with Crippen LogP contribution in [0, 0.1) is 0 Å². The summed E-state index contributed by atoms with van der Waals surface area (Å²) in [5.41, 5.74) is 0.656. The van der Waals surface area contributed by atoms with Crippen molar-refractivity contribution in [3.8, 4) is 0 Å². The van der Waals surface area contributed by atoms with Crippen LogP contribution in [0.2, 0.25) is 0 Å². The molecule has 1 heterocycles. The second-order valence-corrected chi connectivity index (χ2v) is 2.68. The van der Waals surface area contributed by atoms with Gasteiger partial charge in [0.05, 0.1) is 24.9 Å². The summed E-state index contributed by atoms with van der Waals surface area (Å²) in [4.78, 5) is 11.2. The number of ether oxygens (including phenoxy) is 2. The minimum atomic E-state index is -0.246. The molecule has 0 N–H and O–H groups in total. The molecule has 0 aromatic rings. The average molecular weight is 170 g/mol. The Bertz CT molecular complexity index is 196. The Balaban J connectivity index is 2.59. The van der Waals surface area contributed by atoms with E-state index in [0.717, 1.165) is 6.42 Å². The molecule has 0 aromatic carbocycles. The molecule has 0 spiro atoms. The lowest BCUT2D eigenvalue weighted by atomic mass is 10.1. The predicted molar refractivity (Wildman–Crippen MR) is 44.7 cm³/mol. The van der Waals surface area contributed by atoms with Crippen LogP contribution in [0.4, 0.5) is 0 Å². The predicted octanol–water partition coefficient (Wildman–Crippen LogP) is 1.28. The zero-order chi connectivity index (χ0) is 8.97. The molecule has 0 saturated heterocycles. The van der Waals surface area contributed by atoms with Gasteiger partial charge in [0.1, 0.15) is 0 Å². The zero-order valence-electron chi connectivity index (χ0n) is 7.50. The van der Waals surface area contributed by atoms with Crippen molar-refractivity contribution in [1.29, 1.82) is 0 Å². The topological polar surface area (TPSA) is 35.5 Å². The lowest BCUT2D eigenvalue weighted by Gasteiger charge is -2.19. The van der Waals surface area contributed by atoms with E-state index in [1.54, 1.807) is 6.92 Å². The van der Waals surface area contributed by atoms with Crippen LogP contribution in [0.3, 0.4) is 0 Å². The van der Waals surface area contributed by atoms with Crippen molar-refractivity contribution < 1.29 is 14.3 Å². The maximum atomic E-state index is 11.2. The number of carbonyl (C=O) groups excluding carboxylic acids is 1. The van der Waals surface area contributed by atoms with Crippen molar-refractivity contribution in [1.82, 2.24) is 0 Å². The van der Waals surface area contributed by atoms with Crippen LogP contribution >= 0.6 is 0 Å². The van der Waals surface area contributed by atoms with Crippen LogP contribution in [0.15, 0.2) is 11.6 Å². The van der Waals surface area contributed by atoms with Gasteiger partial charge in [-0.1, -0.05) is 6.08 Å². The molecule has 1 atom stereocenters. The smallest absolute Gasteiger partial charge is 0.336 e. The van der Waals surface area contributed by atoms with Gasteiger partial charge in [-0.15, -0.1) is 0 Å². The van der Waals surface area contributed by atoms with Gasteiger partial charge < -0.3 is 9.47 Å². The van der Waals surface area contributed by atoms with E-state index in [-0.39, 0.29) is 12.1 Å². The quantitative estimate of drug-likeness (QED) is 0.586.